The van der Waals surface area contributed by atoms with Crippen LogP contribution in [0.15, 0.2) is 24.3 Å². The van der Waals surface area contributed by atoms with E-state index < -0.39 is 101 Å². The molecule has 514 valence electrons. The summed E-state index contributed by atoms with van der Waals surface area (Å²) in [6.45, 7) is 2.76. The van der Waals surface area contributed by atoms with E-state index in [0.29, 0.717) is 31.4 Å². The molecular formula is C61H100N10O19S. The van der Waals surface area contributed by atoms with Crippen LogP contribution in [0.4, 0.5) is 5.69 Å². The smallest absolute Gasteiger partial charge is 0.326 e. The molecular weight excluding hydrogens is 1210 g/mol. The summed E-state index contributed by atoms with van der Waals surface area (Å²) in [4.78, 5) is 122. The summed E-state index contributed by atoms with van der Waals surface area (Å²) < 4.78 is 48.2. The highest BCUT2D eigenvalue weighted by molar-refractivity contribution is 7.90. The number of anilines is 1. The van der Waals surface area contributed by atoms with E-state index in [9.17, 15) is 71.7 Å². The summed E-state index contributed by atoms with van der Waals surface area (Å²) in [7, 11) is -3.89. The van der Waals surface area contributed by atoms with Gasteiger partial charge in [0.2, 0.25) is 33.7 Å². The second-order valence-electron chi connectivity index (χ2n) is 22.2. The summed E-state index contributed by atoms with van der Waals surface area (Å²) in [5.41, 5.74) is 1.42. The SMILES string of the molecule is CCCNc1ccc(C(=O)NCCCC[C@H](NC(=O)COCCOCCCC(=O)CC[C@H](NC(=O)CC[C@H](CC(=O)COCCOCCNC(=O)CCCS(=O)(=O)NC(=O)CCCCCCCCCCCCCCCc2nn[nH]n2)C(=O)O)C(=O)O)C(=O)O)cc1. The molecule has 0 radical (unpaired) electrons. The predicted octanol–water partition coefficient (Wildman–Crippen LogP) is 4.74. The number of carboxylic acid groups (broad SMARTS) is 3. The average molecular weight is 1310 g/mol. The number of carboxylic acids is 3. The van der Waals surface area contributed by atoms with Crippen molar-refractivity contribution in [2.24, 2.45) is 5.92 Å². The number of rotatable bonds is 60. The maximum atomic E-state index is 12.6. The standard InChI is InChI=1S/C61H100N10O19S/c1-2-33-62-48-28-25-46(26-29-48)58(78)64-34-17-16-21-51(60(81)82)66-57(77)45-90-41-38-87-36-18-20-49(72)30-31-52(61(83)84)65-55(75)32-27-47(59(79)80)43-50(73)44-89-40-39-88-37-35-63-54(74)24-19-42-91(85,86)69-56(76)23-15-13-11-9-7-5-3-4-6-8-10-12-14-22-53-67-70-71-68-53/h25-26,28-29,47,51-52,62H,2-24,27,30-45H2,1H3,(H,63,74)(H,64,78)(H,65,75)(H,66,77)(H,69,76)(H,79,80)(H,81,82)(H,83,84)(H,67,68,70,71)/t47-,51+,52+/m1/s1. The highest BCUT2D eigenvalue weighted by atomic mass is 32.2. The maximum Gasteiger partial charge on any atom is 0.326 e. The summed E-state index contributed by atoms with van der Waals surface area (Å²) in [6, 6.07) is 4.51. The first kappa shape index (κ1) is 80.1. The Bertz CT molecular complexity index is 2540. The molecule has 91 heavy (non-hydrogen) atoms. The van der Waals surface area contributed by atoms with Gasteiger partial charge in [0.15, 0.2) is 11.6 Å². The van der Waals surface area contributed by atoms with Crippen LogP contribution in [0, 0.1) is 5.92 Å². The fourth-order valence-electron chi connectivity index (χ4n) is 9.20. The number of hydrogen-bond donors (Lipinski definition) is 10. The number of aliphatic carboxylic acids is 3. The normalized spacial score (nSPS) is 12.3. The first-order chi connectivity index (χ1) is 43.8. The van der Waals surface area contributed by atoms with E-state index in [1.54, 1.807) is 12.1 Å². The molecule has 5 amide bonds. The Hall–Kier alpha value is -7.02. The van der Waals surface area contributed by atoms with Crippen molar-refractivity contribution in [3.63, 3.8) is 0 Å². The van der Waals surface area contributed by atoms with Crippen molar-refractivity contribution >= 4 is 74.7 Å². The number of ketones is 2. The van der Waals surface area contributed by atoms with Crippen molar-refractivity contribution in [2.75, 3.05) is 83.6 Å². The molecule has 0 saturated carbocycles. The van der Waals surface area contributed by atoms with Gasteiger partial charge in [-0.2, -0.15) is 5.21 Å². The van der Waals surface area contributed by atoms with Crippen LogP contribution in [-0.2, 0) is 78.5 Å². The number of aromatic amines is 1. The van der Waals surface area contributed by atoms with E-state index in [4.69, 9.17) is 18.9 Å². The van der Waals surface area contributed by atoms with Crippen LogP contribution in [0.25, 0.3) is 0 Å². The number of nitrogens with zero attached hydrogens (tertiary/aromatic N) is 3. The molecule has 0 aliphatic heterocycles. The average Bonchev–Trinajstić information content (AvgIpc) is 4.23. The molecule has 0 saturated heterocycles. The fourth-order valence-corrected chi connectivity index (χ4v) is 10.3. The van der Waals surface area contributed by atoms with Crippen molar-refractivity contribution in [3.8, 4) is 0 Å². The van der Waals surface area contributed by atoms with Crippen LogP contribution in [0.3, 0.4) is 0 Å². The van der Waals surface area contributed by atoms with E-state index in [2.05, 4.69) is 58.9 Å². The number of aromatic nitrogens is 4. The molecule has 30 heteroatoms. The van der Waals surface area contributed by atoms with Gasteiger partial charge in [-0.15, -0.1) is 10.2 Å². The molecule has 0 spiro atoms. The van der Waals surface area contributed by atoms with Gasteiger partial charge in [-0.1, -0.05) is 82.8 Å². The van der Waals surface area contributed by atoms with Crippen LogP contribution < -0.4 is 31.3 Å². The van der Waals surface area contributed by atoms with Crippen molar-refractivity contribution in [1.29, 1.82) is 0 Å². The zero-order chi connectivity index (χ0) is 66.7. The lowest BCUT2D eigenvalue weighted by Gasteiger charge is -2.16. The lowest BCUT2D eigenvalue weighted by Crippen LogP contribution is -2.42. The monoisotopic (exact) mass is 1310 g/mol. The van der Waals surface area contributed by atoms with Gasteiger partial charge in [-0.25, -0.2) is 18.0 Å². The molecule has 10 N–H and O–H groups in total. The third kappa shape index (κ3) is 43.4. The summed E-state index contributed by atoms with van der Waals surface area (Å²) in [5.74, 6) is -8.31. The molecule has 1 aromatic carbocycles. The number of aryl methyl sites for hydroxylation is 1. The molecule has 1 heterocycles. The Morgan fingerprint density at radius 3 is 1.74 bits per heavy atom. The molecule has 1 aromatic heterocycles. The molecule has 2 aromatic rings. The number of nitrogens with one attached hydrogen (secondary N) is 7. The van der Waals surface area contributed by atoms with Gasteiger partial charge >= 0.3 is 17.9 Å². The van der Waals surface area contributed by atoms with E-state index in [-0.39, 0.29) is 121 Å². The van der Waals surface area contributed by atoms with Gasteiger partial charge in [0.25, 0.3) is 5.91 Å². The molecule has 0 aliphatic rings. The fraction of sp³-hybridized carbons (Fsp3) is 0.721. The van der Waals surface area contributed by atoms with Crippen LogP contribution in [0.1, 0.15) is 196 Å². The van der Waals surface area contributed by atoms with Crippen LogP contribution in [0.2, 0.25) is 0 Å². The number of unbranched alkanes of at least 4 members (excludes halogenated alkanes) is 13. The van der Waals surface area contributed by atoms with Crippen molar-refractivity contribution in [3.05, 3.63) is 35.7 Å². The van der Waals surface area contributed by atoms with Gasteiger partial charge in [0, 0.05) is 82.4 Å². The van der Waals surface area contributed by atoms with E-state index in [1.165, 1.54) is 44.9 Å². The van der Waals surface area contributed by atoms with E-state index in [1.807, 2.05) is 12.1 Å². The Kier molecular flexibility index (Phi) is 44.5. The number of amides is 5. The van der Waals surface area contributed by atoms with Gasteiger partial charge in [-0.05, 0) is 88.5 Å². The minimum Gasteiger partial charge on any atom is -0.481 e. The molecule has 0 bridgehead atoms. The number of carbonyl (C=O) groups is 10. The van der Waals surface area contributed by atoms with Crippen molar-refractivity contribution < 1.29 is 90.6 Å². The number of carbonyl (C=O) groups excluding carboxylic acids is 7. The minimum absolute atomic E-state index is 0.00352. The zero-order valence-corrected chi connectivity index (χ0v) is 53.8. The lowest BCUT2D eigenvalue weighted by atomic mass is 9.97. The molecule has 29 nitrogen and oxygen atoms in total. The van der Waals surface area contributed by atoms with E-state index >= 15 is 0 Å². The number of sulfonamides is 1. The predicted molar refractivity (Wildman–Crippen MR) is 334 cm³/mol. The van der Waals surface area contributed by atoms with Crippen LogP contribution in [-0.4, -0.2) is 194 Å². The summed E-state index contributed by atoms with van der Waals surface area (Å²) >= 11 is 0. The Balaban J connectivity index is 1.44. The molecule has 0 aliphatic carbocycles. The Morgan fingerprint density at radius 1 is 0.516 bits per heavy atom. The molecule has 3 atom stereocenters. The highest BCUT2D eigenvalue weighted by Gasteiger charge is 2.26. The topological polar surface area (TPSA) is 429 Å². The van der Waals surface area contributed by atoms with Crippen molar-refractivity contribution in [1.82, 2.24) is 46.6 Å². The van der Waals surface area contributed by atoms with Gasteiger partial charge < -0.3 is 60.9 Å². The van der Waals surface area contributed by atoms with Crippen LogP contribution in [0.5, 0.6) is 0 Å². The van der Waals surface area contributed by atoms with Gasteiger partial charge in [0.1, 0.15) is 31.1 Å². The quantitative estimate of drug-likeness (QED) is 0.0400. The van der Waals surface area contributed by atoms with Crippen LogP contribution >= 0.6 is 0 Å². The summed E-state index contributed by atoms with van der Waals surface area (Å²) in [6.07, 6.45) is 15.9. The molecule has 0 unspecified atom stereocenters. The summed E-state index contributed by atoms with van der Waals surface area (Å²) in [5, 5.41) is 56.2. The zero-order valence-electron chi connectivity index (χ0n) is 52.9. The number of benzene rings is 1. The number of H-pyrrole nitrogens is 1. The third-order valence-corrected chi connectivity index (χ3v) is 15.7. The molecule has 0 fully saturated rings. The first-order valence-corrected chi connectivity index (χ1v) is 33.7. The third-order valence-electron chi connectivity index (χ3n) is 14.3. The van der Waals surface area contributed by atoms with Crippen molar-refractivity contribution in [2.45, 2.75) is 199 Å². The number of hydrogen-bond acceptors (Lipinski definition) is 20. The lowest BCUT2D eigenvalue weighted by molar-refractivity contribution is -0.145. The minimum atomic E-state index is -3.89. The second kappa shape index (κ2) is 50.6. The maximum absolute atomic E-state index is 12.6. The van der Waals surface area contributed by atoms with Gasteiger partial charge in [0.05, 0.1) is 44.7 Å². The largest absolute Gasteiger partial charge is 0.481 e. The first-order valence-electron chi connectivity index (χ1n) is 32.0. The number of tetrazole rings is 1. The molecule has 2 rings (SSSR count). The Morgan fingerprint density at radius 2 is 1.11 bits per heavy atom. The van der Waals surface area contributed by atoms with E-state index in [0.717, 1.165) is 63.0 Å². The number of Topliss-reactive ketones (excluding diaryl/α,β-unsaturated/α-hetero) is 2. The second-order valence-corrected chi connectivity index (χ2v) is 24.1. The van der Waals surface area contributed by atoms with Gasteiger partial charge in [-0.3, -0.25) is 43.1 Å². The number of ether oxygens (including phenoxy) is 4. The Labute approximate surface area is 533 Å². The highest BCUT2D eigenvalue weighted by Crippen LogP contribution is 2.16.